The van der Waals surface area contributed by atoms with Gasteiger partial charge in [-0.15, -0.1) is 0 Å². The summed E-state index contributed by atoms with van der Waals surface area (Å²) in [6.45, 7) is 4.04. The van der Waals surface area contributed by atoms with Gasteiger partial charge in [-0.2, -0.15) is 0 Å². The molecule has 2 fully saturated rings. The number of piperidine rings is 1. The second kappa shape index (κ2) is 9.12. The zero-order chi connectivity index (χ0) is 21.1. The van der Waals surface area contributed by atoms with E-state index in [4.69, 9.17) is 4.74 Å². The summed E-state index contributed by atoms with van der Waals surface area (Å²) in [6.07, 6.45) is 3.02. The summed E-state index contributed by atoms with van der Waals surface area (Å²) in [5, 5.41) is 13.2. The zero-order valence-corrected chi connectivity index (χ0v) is 17.3. The summed E-state index contributed by atoms with van der Waals surface area (Å²) < 4.78 is 7.48. The monoisotopic (exact) mass is 411 g/mol. The van der Waals surface area contributed by atoms with Crippen molar-refractivity contribution in [2.24, 2.45) is 0 Å². The van der Waals surface area contributed by atoms with Crippen LogP contribution in [-0.4, -0.2) is 59.4 Å². The van der Waals surface area contributed by atoms with Crippen molar-refractivity contribution in [1.82, 2.24) is 14.8 Å². The first-order valence-electron chi connectivity index (χ1n) is 10.6. The van der Waals surface area contributed by atoms with Crippen LogP contribution in [0.3, 0.4) is 0 Å². The third-order valence-electron chi connectivity index (χ3n) is 6.18. The number of hydrogen-bond donors (Lipinski definition) is 2. The lowest BCUT2D eigenvalue weighted by Crippen LogP contribution is -2.51. The molecule has 0 radical (unpaired) electrons. The van der Waals surface area contributed by atoms with Gasteiger partial charge in [0.15, 0.2) is 0 Å². The van der Waals surface area contributed by atoms with Crippen LogP contribution in [0.4, 0.5) is 0 Å². The predicted octanol–water partition coefficient (Wildman–Crippen LogP) is 1.66. The van der Waals surface area contributed by atoms with Gasteiger partial charge in [0.2, 0.25) is 0 Å². The van der Waals surface area contributed by atoms with Crippen LogP contribution in [0.5, 0.6) is 0 Å². The van der Waals surface area contributed by atoms with E-state index in [2.05, 4.69) is 5.32 Å². The highest BCUT2D eigenvalue weighted by Gasteiger charge is 2.38. The summed E-state index contributed by atoms with van der Waals surface area (Å²) in [5.41, 5.74) is 1.55. The molecule has 2 aliphatic rings. The highest BCUT2D eigenvalue weighted by Crippen LogP contribution is 2.31. The van der Waals surface area contributed by atoms with E-state index in [1.807, 2.05) is 49.5 Å². The molecule has 7 heteroatoms. The van der Waals surface area contributed by atoms with Crippen LogP contribution in [-0.2, 0) is 4.74 Å². The summed E-state index contributed by atoms with van der Waals surface area (Å²) in [5.74, 6) is -0.295. The van der Waals surface area contributed by atoms with Gasteiger partial charge in [-0.25, -0.2) is 0 Å². The van der Waals surface area contributed by atoms with E-state index in [9.17, 15) is 14.7 Å². The smallest absolute Gasteiger partial charge is 0.263 e. The third kappa shape index (κ3) is 3.93. The Bertz CT molecular complexity index is 937. The van der Waals surface area contributed by atoms with E-state index >= 15 is 0 Å². The first-order chi connectivity index (χ1) is 14.6. The fraction of sp³-hybridized carbons (Fsp3) is 0.478. The minimum atomic E-state index is -0.527. The molecule has 2 atom stereocenters. The fourth-order valence-electron chi connectivity index (χ4n) is 4.58. The molecule has 0 bridgehead atoms. The Morgan fingerprint density at radius 2 is 1.93 bits per heavy atom. The molecular weight excluding hydrogens is 382 g/mol. The molecule has 2 saturated heterocycles. The second-order valence-corrected chi connectivity index (χ2v) is 8.01. The standard InChI is InChI=1S/C23H29N3O4/c1-16-9-12-25(18-7-10-24-11-8-18)22(28)20(16)23(29)26-13-14-30-19(15-27)21(26)17-5-3-2-4-6-17/h2-6,9,12,18-19,21,24,27H,7-8,10-11,13-15H2,1H3/t19-,21-/m0/s1. The number of carbonyl (C=O) groups is 1. The lowest BCUT2D eigenvalue weighted by molar-refractivity contribution is -0.0812. The van der Waals surface area contributed by atoms with E-state index in [0.717, 1.165) is 31.5 Å². The third-order valence-corrected chi connectivity index (χ3v) is 6.18. The second-order valence-electron chi connectivity index (χ2n) is 8.01. The Morgan fingerprint density at radius 3 is 2.63 bits per heavy atom. The maximum atomic E-state index is 13.7. The van der Waals surface area contributed by atoms with Crippen LogP contribution in [0.25, 0.3) is 0 Å². The van der Waals surface area contributed by atoms with Crippen LogP contribution in [0.1, 0.15) is 46.4 Å². The van der Waals surface area contributed by atoms with E-state index in [1.165, 1.54) is 0 Å². The topological polar surface area (TPSA) is 83.8 Å². The number of nitrogens with one attached hydrogen (secondary N) is 1. The molecule has 2 aromatic rings. The molecule has 0 spiro atoms. The Hall–Kier alpha value is -2.48. The van der Waals surface area contributed by atoms with Gasteiger partial charge < -0.3 is 24.6 Å². The number of rotatable bonds is 4. The number of aromatic nitrogens is 1. The van der Waals surface area contributed by atoms with Gasteiger partial charge >= 0.3 is 0 Å². The van der Waals surface area contributed by atoms with E-state index in [-0.39, 0.29) is 29.7 Å². The van der Waals surface area contributed by atoms with Crippen LogP contribution < -0.4 is 10.9 Å². The molecule has 2 N–H and O–H groups in total. The minimum Gasteiger partial charge on any atom is -0.394 e. The molecule has 4 rings (SSSR count). The van der Waals surface area contributed by atoms with Crippen LogP contribution in [0, 0.1) is 6.92 Å². The van der Waals surface area contributed by atoms with Gasteiger partial charge in [0.25, 0.3) is 11.5 Å². The van der Waals surface area contributed by atoms with Gasteiger partial charge in [-0.3, -0.25) is 9.59 Å². The average molecular weight is 412 g/mol. The van der Waals surface area contributed by atoms with Crippen LogP contribution in [0.2, 0.25) is 0 Å². The minimum absolute atomic E-state index is 0.102. The number of hydrogen-bond acceptors (Lipinski definition) is 5. The van der Waals surface area contributed by atoms with E-state index in [0.29, 0.717) is 18.7 Å². The Balaban J connectivity index is 1.73. The van der Waals surface area contributed by atoms with Crippen molar-refractivity contribution in [3.05, 3.63) is 69.6 Å². The molecule has 1 aromatic carbocycles. The van der Waals surface area contributed by atoms with Gasteiger partial charge in [0, 0.05) is 18.8 Å². The predicted molar refractivity (Wildman–Crippen MR) is 114 cm³/mol. The number of aliphatic hydroxyl groups is 1. The molecule has 0 aliphatic carbocycles. The lowest BCUT2D eigenvalue weighted by Gasteiger charge is -2.41. The van der Waals surface area contributed by atoms with Crippen molar-refractivity contribution in [3.8, 4) is 0 Å². The molecule has 2 aliphatic heterocycles. The van der Waals surface area contributed by atoms with Gasteiger partial charge in [-0.1, -0.05) is 30.3 Å². The van der Waals surface area contributed by atoms with Crippen molar-refractivity contribution >= 4 is 5.91 Å². The number of pyridine rings is 1. The highest BCUT2D eigenvalue weighted by atomic mass is 16.5. The number of carbonyl (C=O) groups excluding carboxylic acids is 1. The maximum absolute atomic E-state index is 13.7. The maximum Gasteiger partial charge on any atom is 0.263 e. The molecule has 1 aromatic heterocycles. The van der Waals surface area contributed by atoms with Crippen molar-refractivity contribution in [2.45, 2.75) is 38.0 Å². The number of ether oxygens (including phenoxy) is 1. The number of benzene rings is 1. The summed E-state index contributed by atoms with van der Waals surface area (Å²) in [6, 6.07) is 11.1. The van der Waals surface area contributed by atoms with Gasteiger partial charge in [0.1, 0.15) is 11.7 Å². The average Bonchev–Trinajstić information content (AvgIpc) is 2.79. The molecular formula is C23H29N3O4. The Labute approximate surface area is 176 Å². The molecule has 160 valence electrons. The SMILES string of the molecule is Cc1ccn(C2CCNCC2)c(=O)c1C(=O)N1CCO[C@@H](CO)[C@@H]1c1ccccc1. The van der Waals surface area contributed by atoms with Crippen molar-refractivity contribution in [3.63, 3.8) is 0 Å². The van der Waals surface area contributed by atoms with Crippen LogP contribution in [0.15, 0.2) is 47.4 Å². The quantitative estimate of drug-likeness (QED) is 0.800. The summed E-state index contributed by atoms with van der Waals surface area (Å²) in [7, 11) is 0. The van der Waals surface area contributed by atoms with E-state index < -0.39 is 12.1 Å². The molecule has 1 amide bonds. The lowest BCUT2D eigenvalue weighted by atomic mass is 9.97. The number of nitrogens with zero attached hydrogens (tertiary/aromatic N) is 2. The van der Waals surface area contributed by atoms with E-state index in [1.54, 1.807) is 9.47 Å². The largest absolute Gasteiger partial charge is 0.394 e. The number of aryl methyl sites for hydroxylation is 1. The van der Waals surface area contributed by atoms with Gasteiger partial charge in [-0.05, 0) is 50.0 Å². The molecule has 30 heavy (non-hydrogen) atoms. The molecule has 0 unspecified atom stereocenters. The normalized spacial score (nSPS) is 22.8. The molecule has 7 nitrogen and oxygen atoms in total. The van der Waals surface area contributed by atoms with Crippen molar-refractivity contribution < 1.29 is 14.6 Å². The zero-order valence-electron chi connectivity index (χ0n) is 17.3. The van der Waals surface area contributed by atoms with Crippen molar-refractivity contribution in [2.75, 3.05) is 32.8 Å². The fourth-order valence-corrected chi connectivity index (χ4v) is 4.58. The summed E-state index contributed by atoms with van der Waals surface area (Å²) >= 11 is 0. The highest BCUT2D eigenvalue weighted by molar-refractivity contribution is 5.95. The summed E-state index contributed by atoms with van der Waals surface area (Å²) in [4.78, 5) is 28.8. The molecule has 0 saturated carbocycles. The Morgan fingerprint density at radius 1 is 1.20 bits per heavy atom. The number of aliphatic hydroxyl groups excluding tert-OH is 1. The first-order valence-corrected chi connectivity index (χ1v) is 10.6. The number of morpholine rings is 1. The first kappa shape index (κ1) is 20.8. The van der Waals surface area contributed by atoms with Crippen LogP contribution >= 0.6 is 0 Å². The van der Waals surface area contributed by atoms with Crippen molar-refractivity contribution in [1.29, 1.82) is 0 Å². The Kier molecular flexibility index (Phi) is 6.32. The van der Waals surface area contributed by atoms with Gasteiger partial charge in [0.05, 0.1) is 19.3 Å². The number of amides is 1. The molecule has 3 heterocycles.